The van der Waals surface area contributed by atoms with Crippen molar-refractivity contribution in [3.63, 3.8) is 0 Å². The van der Waals surface area contributed by atoms with E-state index in [2.05, 4.69) is 323 Å². The molecule has 11 aromatic rings. The molecule has 11 rings (SSSR count). The van der Waals surface area contributed by atoms with E-state index >= 15 is 0 Å². The molecule has 0 aliphatic carbocycles. The third-order valence-corrected chi connectivity index (χ3v) is 12.6. The second kappa shape index (κ2) is 20.2. The molecule has 0 aliphatic heterocycles. The highest BCUT2D eigenvalue weighted by Crippen LogP contribution is 2.42. The van der Waals surface area contributed by atoms with Gasteiger partial charge in [-0.3, -0.25) is 0 Å². The fourth-order valence-electron chi connectivity index (χ4n) is 9.21. The Morgan fingerprint density at radius 3 is 0.386 bits per heavy atom. The quantitative estimate of drug-likeness (QED) is 0.108. The van der Waals surface area contributed by atoms with Gasteiger partial charge in [0, 0.05) is 68.2 Å². The Morgan fingerprint density at radius 1 is 0.114 bits per heavy atom. The van der Waals surface area contributed by atoms with Crippen LogP contribution in [0.25, 0.3) is 22.3 Å². The van der Waals surface area contributed by atoms with E-state index in [1.165, 1.54) is 11.1 Å². The van der Waals surface area contributed by atoms with Crippen LogP contribution in [0.4, 0.5) is 68.2 Å². The number of para-hydroxylation sites is 6. The van der Waals surface area contributed by atoms with E-state index in [4.69, 9.17) is 0 Å². The van der Waals surface area contributed by atoms with Crippen molar-refractivity contribution in [1.82, 2.24) is 0 Å². The summed E-state index contributed by atoms with van der Waals surface area (Å²) in [5.74, 6) is 0. The monoisotopic (exact) mass is 898 g/mol. The van der Waals surface area contributed by atoms with Crippen molar-refractivity contribution in [2.45, 2.75) is 0 Å². The van der Waals surface area contributed by atoms with Crippen molar-refractivity contribution in [2.24, 2.45) is 0 Å². The Labute approximate surface area is 411 Å². The molecule has 0 saturated heterocycles. The van der Waals surface area contributed by atoms with Crippen molar-refractivity contribution in [3.05, 3.63) is 303 Å². The number of nitrogens with zero attached hydrogens (tertiary/aromatic N) is 4. The van der Waals surface area contributed by atoms with Gasteiger partial charge in [-0.25, -0.2) is 0 Å². The van der Waals surface area contributed by atoms with Crippen molar-refractivity contribution < 1.29 is 0 Å². The van der Waals surface area contributed by atoms with Gasteiger partial charge >= 0.3 is 0 Å². The van der Waals surface area contributed by atoms with Gasteiger partial charge in [-0.1, -0.05) is 158 Å². The number of anilines is 12. The smallest absolute Gasteiger partial charge is 0.0463 e. The van der Waals surface area contributed by atoms with Crippen LogP contribution in [0.5, 0.6) is 0 Å². The average Bonchev–Trinajstić information content (AvgIpc) is 3.44. The van der Waals surface area contributed by atoms with Crippen LogP contribution in [0, 0.1) is 0 Å². The van der Waals surface area contributed by atoms with E-state index in [0.29, 0.717) is 0 Å². The van der Waals surface area contributed by atoms with E-state index in [1.54, 1.807) is 0 Å². The molecule has 0 heterocycles. The molecule has 0 spiro atoms. The van der Waals surface area contributed by atoms with E-state index in [9.17, 15) is 0 Å². The minimum atomic E-state index is 1.08. The first-order valence-corrected chi connectivity index (χ1v) is 23.8. The number of benzene rings is 11. The van der Waals surface area contributed by atoms with E-state index in [-0.39, 0.29) is 0 Å². The molecule has 0 unspecified atom stereocenters. The summed E-state index contributed by atoms with van der Waals surface area (Å²) in [4.78, 5) is 9.21. The molecule has 334 valence electrons. The minimum Gasteiger partial charge on any atom is -0.311 e. The van der Waals surface area contributed by atoms with Crippen LogP contribution < -0.4 is 19.6 Å². The van der Waals surface area contributed by atoms with Crippen LogP contribution in [-0.4, -0.2) is 0 Å². The molecular formula is C66H50N4. The van der Waals surface area contributed by atoms with Gasteiger partial charge in [-0.05, 0) is 168 Å². The molecule has 0 atom stereocenters. The molecule has 0 N–H and O–H groups in total. The zero-order valence-electron chi connectivity index (χ0n) is 38.7. The molecule has 0 bridgehead atoms. The minimum absolute atomic E-state index is 1.08. The Morgan fingerprint density at radius 2 is 0.229 bits per heavy atom. The summed E-state index contributed by atoms with van der Waals surface area (Å²) >= 11 is 0. The molecule has 0 saturated carbocycles. The first-order chi connectivity index (χ1) is 34.7. The van der Waals surface area contributed by atoms with E-state index in [0.717, 1.165) is 79.4 Å². The maximum atomic E-state index is 2.31. The van der Waals surface area contributed by atoms with Gasteiger partial charge in [0.1, 0.15) is 0 Å². The highest BCUT2D eigenvalue weighted by Gasteiger charge is 2.18. The van der Waals surface area contributed by atoms with Crippen LogP contribution in [-0.2, 0) is 0 Å². The maximum Gasteiger partial charge on any atom is 0.0463 e. The second-order valence-corrected chi connectivity index (χ2v) is 17.1. The predicted molar refractivity (Wildman–Crippen MR) is 296 cm³/mol. The molecule has 11 aromatic carbocycles. The summed E-state index contributed by atoms with van der Waals surface area (Å²) in [6, 6.07) is 108. The van der Waals surface area contributed by atoms with Crippen molar-refractivity contribution in [3.8, 4) is 22.3 Å². The van der Waals surface area contributed by atoms with Gasteiger partial charge < -0.3 is 19.6 Å². The summed E-state index contributed by atoms with van der Waals surface area (Å²) in [5.41, 5.74) is 17.8. The highest BCUT2D eigenvalue weighted by molar-refractivity contribution is 5.84. The molecule has 0 amide bonds. The molecule has 0 aromatic heterocycles. The largest absolute Gasteiger partial charge is 0.311 e. The Kier molecular flexibility index (Phi) is 12.5. The fraction of sp³-hybridized carbons (Fsp3) is 0. The van der Waals surface area contributed by atoms with E-state index < -0.39 is 0 Å². The van der Waals surface area contributed by atoms with Crippen LogP contribution in [0.1, 0.15) is 0 Å². The average molecular weight is 899 g/mol. The molecule has 0 fully saturated rings. The van der Waals surface area contributed by atoms with Gasteiger partial charge in [0.05, 0.1) is 0 Å². The number of rotatable bonds is 14. The first-order valence-electron chi connectivity index (χ1n) is 23.8. The molecular weight excluding hydrogens is 849 g/mol. The zero-order valence-corrected chi connectivity index (χ0v) is 38.7. The van der Waals surface area contributed by atoms with E-state index in [1.807, 2.05) is 0 Å². The summed E-state index contributed by atoms with van der Waals surface area (Å²) in [7, 11) is 0. The fourth-order valence-corrected chi connectivity index (χ4v) is 9.21. The van der Waals surface area contributed by atoms with Gasteiger partial charge in [-0.2, -0.15) is 0 Å². The predicted octanol–water partition coefficient (Wildman–Crippen LogP) is 18.9. The second-order valence-electron chi connectivity index (χ2n) is 17.1. The number of hydrogen-bond donors (Lipinski definition) is 0. The number of hydrogen-bond acceptors (Lipinski definition) is 4. The zero-order chi connectivity index (χ0) is 46.9. The third kappa shape index (κ3) is 9.31. The lowest BCUT2D eigenvalue weighted by Crippen LogP contribution is -2.12. The summed E-state index contributed by atoms with van der Waals surface area (Å²) in [6.45, 7) is 0. The molecule has 4 heteroatoms. The maximum absolute atomic E-state index is 2.31. The third-order valence-electron chi connectivity index (χ3n) is 12.6. The standard InChI is InChI=1S/C66H50N4/c1-7-19-55(20-8-1)67(56-21-9-2-10-22-56)63-43-47-65(48-44-63)69(59-27-15-5-16-28-59)61-39-35-53(36-40-61)51-31-33-52(34-32-51)54-37-41-62(42-38-54)70(60-29-17-6-18-30-60)66-49-45-64(46-50-66)68(57-23-11-3-12-24-57)58-25-13-4-14-26-58/h1-50H. The molecule has 70 heavy (non-hydrogen) atoms. The van der Waals surface area contributed by atoms with Gasteiger partial charge in [0.25, 0.3) is 0 Å². The SMILES string of the molecule is c1ccc(N(c2ccccc2)c2ccc(N(c3ccccc3)c3ccc(-c4ccc(-c5ccc(N(c6ccccc6)c6ccc(N(c7ccccc7)c7ccccc7)cc6)cc5)cc4)cc3)cc2)cc1. The topological polar surface area (TPSA) is 13.0 Å². The molecule has 4 nitrogen and oxygen atoms in total. The van der Waals surface area contributed by atoms with Crippen LogP contribution in [0.15, 0.2) is 303 Å². The Balaban J connectivity index is 0.831. The van der Waals surface area contributed by atoms with Crippen molar-refractivity contribution >= 4 is 68.2 Å². The van der Waals surface area contributed by atoms with Gasteiger partial charge in [0.2, 0.25) is 0 Å². The lowest BCUT2D eigenvalue weighted by atomic mass is 9.99. The van der Waals surface area contributed by atoms with Crippen molar-refractivity contribution in [1.29, 1.82) is 0 Å². The highest BCUT2D eigenvalue weighted by atomic mass is 15.2. The van der Waals surface area contributed by atoms with Crippen LogP contribution >= 0.6 is 0 Å². The normalized spacial score (nSPS) is 10.9. The van der Waals surface area contributed by atoms with Crippen LogP contribution in [0.2, 0.25) is 0 Å². The molecule has 0 radical (unpaired) electrons. The van der Waals surface area contributed by atoms with Gasteiger partial charge in [0.15, 0.2) is 0 Å². The molecule has 0 aliphatic rings. The summed E-state index contributed by atoms with van der Waals surface area (Å²) in [6.07, 6.45) is 0. The Bertz CT molecular complexity index is 3040. The van der Waals surface area contributed by atoms with Crippen molar-refractivity contribution in [2.75, 3.05) is 19.6 Å². The van der Waals surface area contributed by atoms with Gasteiger partial charge in [-0.15, -0.1) is 0 Å². The first kappa shape index (κ1) is 43.2. The Hall–Kier alpha value is -9.38. The van der Waals surface area contributed by atoms with Crippen LogP contribution in [0.3, 0.4) is 0 Å². The lowest BCUT2D eigenvalue weighted by Gasteiger charge is -2.28. The summed E-state index contributed by atoms with van der Waals surface area (Å²) < 4.78 is 0. The lowest BCUT2D eigenvalue weighted by molar-refractivity contribution is 1.26. The summed E-state index contributed by atoms with van der Waals surface area (Å²) in [5, 5.41) is 0.